The Balaban J connectivity index is 1.36. The first kappa shape index (κ1) is 20.3. The molecule has 0 radical (unpaired) electrons. The quantitative estimate of drug-likeness (QED) is 0.352. The molecule has 0 fully saturated rings. The van der Waals surface area contributed by atoms with Crippen LogP contribution in [0.5, 0.6) is 17.2 Å². The number of benzene rings is 3. The van der Waals surface area contributed by atoms with Gasteiger partial charge in [-0.1, -0.05) is 24.3 Å². The molecule has 2 heterocycles. The predicted octanol–water partition coefficient (Wildman–Crippen LogP) is 6.05. The Kier molecular flexibility index (Phi) is 5.47. The summed E-state index contributed by atoms with van der Waals surface area (Å²) in [6.45, 7) is 0. The van der Waals surface area contributed by atoms with Gasteiger partial charge in [0.2, 0.25) is 0 Å². The maximum absolute atomic E-state index is 12.9. The molecule has 6 heteroatoms. The van der Waals surface area contributed by atoms with Gasteiger partial charge in [-0.15, -0.1) is 0 Å². The summed E-state index contributed by atoms with van der Waals surface area (Å²) >= 11 is 0. The van der Waals surface area contributed by atoms with Crippen molar-refractivity contribution in [2.24, 2.45) is 0 Å². The van der Waals surface area contributed by atoms with E-state index < -0.39 is 0 Å². The smallest absolute Gasteiger partial charge is 0.255 e. The van der Waals surface area contributed by atoms with Gasteiger partial charge in [0.05, 0.1) is 18.5 Å². The van der Waals surface area contributed by atoms with Crippen molar-refractivity contribution in [2.45, 2.75) is 0 Å². The van der Waals surface area contributed by atoms with E-state index in [-0.39, 0.29) is 5.91 Å². The van der Waals surface area contributed by atoms with Gasteiger partial charge in [0.1, 0.15) is 22.9 Å². The molecular formula is C27H21N3O3. The SMILES string of the molecule is COc1ccc(-c2cn3ccccc3n2)cc1NC(=O)c1ccc(Oc2ccccc2)cc1. The summed E-state index contributed by atoms with van der Waals surface area (Å²) in [7, 11) is 1.57. The standard InChI is InChI=1S/C27H21N3O3/c1-32-25-15-12-20(24-18-30-16-6-5-9-26(30)28-24)17-23(25)29-27(31)19-10-13-22(14-11-19)33-21-7-3-2-4-8-21/h2-18H,1H3,(H,29,31). The number of nitrogens with one attached hydrogen (secondary N) is 1. The van der Waals surface area contributed by atoms with Crippen LogP contribution in [-0.2, 0) is 0 Å². The van der Waals surface area contributed by atoms with Crippen LogP contribution in [0.25, 0.3) is 16.9 Å². The van der Waals surface area contributed by atoms with Crippen molar-refractivity contribution in [3.63, 3.8) is 0 Å². The third-order valence-corrected chi connectivity index (χ3v) is 5.20. The molecule has 2 aromatic heterocycles. The maximum atomic E-state index is 12.9. The number of imidazole rings is 1. The first-order chi connectivity index (χ1) is 16.2. The second-order valence-electron chi connectivity index (χ2n) is 7.40. The van der Waals surface area contributed by atoms with Crippen LogP contribution in [0.4, 0.5) is 5.69 Å². The third kappa shape index (κ3) is 4.41. The number of para-hydroxylation sites is 1. The van der Waals surface area contributed by atoms with Gasteiger partial charge in [0.25, 0.3) is 5.91 Å². The molecule has 1 amide bonds. The number of carbonyl (C=O) groups is 1. The van der Waals surface area contributed by atoms with Crippen molar-refractivity contribution in [2.75, 3.05) is 12.4 Å². The number of hydrogen-bond donors (Lipinski definition) is 1. The van der Waals surface area contributed by atoms with Crippen molar-refractivity contribution in [3.8, 4) is 28.5 Å². The Morgan fingerprint density at radius 2 is 1.64 bits per heavy atom. The molecule has 33 heavy (non-hydrogen) atoms. The van der Waals surface area contributed by atoms with Crippen LogP contribution in [0.15, 0.2) is 103 Å². The number of anilines is 1. The number of ether oxygens (including phenoxy) is 2. The van der Waals surface area contributed by atoms with Gasteiger partial charge in [-0.2, -0.15) is 0 Å². The predicted molar refractivity (Wildman–Crippen MR) is 128 cm³/mol. The van der Waals surface area contributed by atoms with E-state index in [2.05, 4.69) is 10.3 Å². The number of rotatable bonds is 6. The van der Waals surface area contributed by atoms with Crippen LogP contribution in [0, 0.1) is 0 Å². The van der Waals surface area contributed by atoms with E-state index >= 15 is 0 Å². The lowest BCUT2D eigenvalue weighted by Crippen LogP contribution is -2.12. The topological polar surface area (TPSA) is 64.9 Å². The molecule has 3 aromatic carbocycles. The largest absolute Gasteiger partial charge is 0.495 e. The summed E-state index contributed by atoms with van der Waals surface area (Å²) in [4.78, 5) is 17.6. The Hall–Kier alpha value is -4.58. The van der Waals surface area contributed by atoms with Crippen molar-refractivity contribution >= 4 is 17.2 Å². The van der Waals surface area contributed by atoms with Crippen LogP contribution in [0.3, 0.4) is 0 Å². The zero-order valence-electron chi connectivity index (χ0n) is 17.9. The van der Waals surface area contributed by atoms with E-state index in [1.54, 1.807) is 31.4 Å². The van der Waals surface area contributed by atoms with Crippen LogP contribution >= 0.6 is 0 Å². The van der Waals surface area contributed by atoms with E-state index in [0.29, 0.717) is 22.7 Å². The number of methoxy groups -OCH3 is 1. The van der Waals surface area contributed by atoms with Gasteiger partial charge >= 0.3 is 0 Å². The second-order valence-corrected chi connectivity index (χ2v) is 7.40. The molecule has 0 bridgehead atoms. The minimum absolute atomic E-state index is 0.244. The summed E-state index contributed by atoms with van der Waals surface area (Å²) in [6, 6.07) is 28.0. The number of aromatic nitrogens is 2. The Morgan fingerprint density at radius 1 is 0.879 bits per heavy atom. The molecule has 0 saturated carbocycles. The van der Waals surface area contributed by atoms with Crippen LogP contribution in [0.1, 0.15) is 10.4 Å². The molecule has 5 rings (SSSR count). The number of fused-ring (bicyclic) bond motifs is 1. The van der Waals surface area contributed by atoms with E-state index in [9.17, 15) is 4.79 Å². The van der Waals surface area contributed by atoms with Gasteiger partial charge in [-0.25, -0.2) is 4.98 Å². The number of amides is 1. The zero-order valence-corrected chi connectivity index (χ0v) is 17.9. The highest BCUT2D eigenvalue weighted by Gasteiger charge is 2.13. The average Bonchev–Trinajstić information content (AvgIpc) is 3.29. The molecule has 6 nitrogen and oxygen atoms in total. The van der Waals surface area contributed by atoms with Crippen LogP contribution < -0.4 is 14.8 Å². The number of carbonyl (C=O) groups excluding carboxylic acids is 1. The number of pyridine rings is 1. The first-order valence-corrected chi connectivity index (χ1v) is 10.5. The van der Waals surface area contributed by atoms with Gasteiger partial charge in [0.15, 0.2) is 0 Å². The monoisotopic (exact) mass is 435 g/mol. The lowest BCUT2D eigenvalue weighted by molar-refractivity contribution is 0.102. The third-order valence-electron chi connectivity index (χ3n) is 5.20. The fraction of sp³-hybridized carbons (Fsp3) is 0.0370. The molecule has 0 aliphatic heterocycles. The van der Waals surface area contributed by atoms with Gasteiger partial charge < -0.3 is 19.2 Å². The van der Waals surface area contributed by atoms with Gasteiger partial charge in [-0.3, -0.25) is 4.79 Å². The van der Waals surface area contributed by atoms with E-state index in [1.807, 2.05) is 83.5 Å². The Bertz CT molecular complexity index is 1380. The van der Waals surface area contributed by atoms with Crippen molar-refractivity contribution < 1.29 is 14.3 Å². The highest BCUT2D eigenvalue weighted by Crippen LogP contribution is 2.31. The number of nitrogens with zero attached hydrogens (tertiary/aromatic N) is 2. The molecule has 0 atom stereocenters. The lowest BCUT2D eigenvalue weighted by atomic mass is 10.1. The van der Waals surface area contributed by atoms with Gasteiger partial charge in [0, 0.05) is 23.5 Å². The van der Waals surface area contributed by atoms with Crippen molar-refractivity contribution in [3.05, 3.63) is 109 Å². The second kappa shape index (κ2) is 8.88. The average molecular weight is 435 g/mol. The molecule has 162 valence electrons. The fourth-order valence-corrected chi connectivity index (χ4v) is 3.53. The summed E-state index contributed by atoms with van der Waals surface area (Å²) in [6.07, 6.45) is 3.90. The fourth-order valence-electron chi connectivity index (χ4n) is 3.53. The minimum atomic E-state index is -0.244. The highest BCUT2D eigenvalue weighted by molar-refractivity contribution is 6.05. The van der Waals surface area contributed by atoms with E-state index in [1.165, 1.54) is 0 Å². The maximum Gasteiger partial charge on any atom is 0.255 e. The number of hydrogen-bond acceptors (Lipinski definition) is 4. The van der Waals surface area contributed by atoms with Gasteiger partial charge in [-0.05, 0) is 66.7 Å². The van der Waals surface area contributed by atoms with E-state index in [0.717, 1.165) is 22.7 Å². The Morgan fingerprint density at radius 3 is 2.39 bits per heavy atom. The molecule has 0 unspecified atom stereocenters. The molecule has 0 aliphatic carbocycles. The van der Waals surface area contributed by atoms with Crippen molar-refractivity contribution in [1.82, 2.24) is 9.38 Å². The summed E-state index contributed by atoms with van der Waals surface area (Å²) in [5, 5.41) is 2.95. The van der Waals surface area contributed by atoms with Crippen LogP contribution in [-0.4, -0.2) is 22.4 Å². The molecule has 0 spiro atoms. The molecule has 5 aromatic rings. The lowest BCUT2D eigenvalue weighted by Gasteiger charge is -2.12. The normalized spacial score (nSPS) is 10.7. The molecular weight excluding hydrogens is 414 g/mol. The zero-order chi connectivity index (χ0) is 22.6. The summed E-state index contributed by atoms with van der Waals surface area (Å²) in [5.74, 6) is 1.72. The first-order valence-electron chi connectivity index (χ1n) is 10.5. The minimum Gasteiger partial charge on any atom is -0.495 e. The molecule has 0 aliphatic rings. The van der Waals surface area contributed by atoms with E-state index in [4.69, 9.17) is 9.47 Å². The summed E-state index contributed by atoms with van der Waals surface area (Å²) in [5.41, 5.74) is 3.62. The highest BCUT2D eigenvalue weighted by atomic mass is 16.5. The molecule has 1 N–H and O–H groups in total. The van der Waals surface area contributed by atoms with Crippen molar-refractivity contribution in [1.29, 1.82) is 0 Å². The Labute approximate surface area is 191 Å². The summed E-state index contributed by atoms with van der Waals surface area (Å²) < 4.78 is 13.2. The van der Waals surface area contributed by atoms with Crippen LogP contribution in [0.2, 0.25) is 0 Å². The molecule has 0 saturated heterocycles.